The normalized spacial score (nSPS) is 12.4. The number of hydrogen-bond donors (Lipinski definition) is 4. The van der Waals surface area contributed by atoms with Crippen molar-refractivity contribution in [2.24, 2.45) is 5.73 Å². The van der Waals surface area contributed by atoms with Crippen molar-refractivity contribution < 1.29 is 19.6 Å². The molecule has 2 aromatic heterocycles. The Hall–Kier alpha value is -3.96. The maximum Gasteiger partial charge on any atom is 0.488 e. The molecule has 32 heavy (non-hydrogen) atoms. The highest BCUT2D eigenvalue weighted by molar-refractivity contribution is 6.58. The summed E-state index contributed by atoms with van der Waals surface area (Å²) in [5.74, 6) is 0.842. The molecule has 0 atom stereocenters. The van der Waals surface area contributed by atoms with Crippen molar-refractivity contribution in [1.29, 1.82) is 0 Å². The fourth-order valence-corrected chi connectivity index (χ4v) is 3.76. The summed E-state index contributed by atoms with van der Waals surface area (Å²) >= 11 is 0. The van der Waals surface area contributed by atoms with Crippen LogP contribution < -0.4 is 21.3 Å². The number of amides is 1. The average Bonchev–Trinajstić information content (AvgIpc) is 3.44. The Morgan fingerprint density at radius 2 is 2.06 bits per heavy atom. The van der Waals surface area contributed by atoms with E-state index in [1.165, 1.54) is 4.68 Å². The lowest BCUT2D eigenvalue weighted by Crippen LogP contribution is -2.30. The minimum Gasteiger partial charge on any atom is -0.477 e. The molecule has 5 rings (SSSR count). The number of rotatable bonds is 6. The maximum absolute atomic E-state index is 11.7. The molecule has 0 unspecified atom stereocenters. The van der Waals surface area contributed by atoms with Gasteiger partial charge in [-0.05, 0) is 23.2 Å². The third-order valence-corrected chi connectivity index (χ3v) is 5.33. The van der Waals surface area contributed by atoms with Gasteiger partial charge in [-0.3, -0.25) is 4.79 Å². The van der Waals surface area contributed by atoms with Crippen LogP contribution in [0.1, 0.15) is 21.5 Å². The number of nitrogens with one attached hydrogen (secondary N) is 1. The van der Waals surface area contributed by atoms with Crippen LogP contribution in [-0.4, -0.2) is 49.4 Å². The molecular weight excluding hydrogens is 411 g/mol. The second kappa shape index (κ2) is 7.95. The zero-order chi connectivity index (χ0) is 22.2. The van der Waals surface area contributed by atoms with E-state index in [4.69, 9.17) is 10.5 Å². The number of nitrogens with zero attached hydrogens (tertiary/aromatic N) is 4. The van der Waals surface area contributed by atoms with Crippen LogP contribution in [0, 0.1) is 0 Å². The van der Waals surface area contributed by atoms with E-state index in [1.54, 1.807) is 36.5 Å². The number of carbonyl (C=O) groups is 1. The Kier molecular flexibility index (Phi) is 4.96. The molecule has 5 N–H and O–H groups in total. The van der Waals surface area contributed by atoms with Crippen molar-refractivity contribution in [3.63, 3.8) is 0 Å². The molecule has 0 bridgehead atoms. The van der Waals surface area contributed by atoms with Gasteiger partial charge in [-0.2, -0.15) is 19.7 Å². The molecular formula is C21H19BN6O4. The van der Waals surface area contributed by atoms with E-state index in [2.05, 4.69) is 20.4 Å². The van der Waals surface area contributed by atoms with Gasteiger partial charge in [0.25, 0.3) is 5.95 Å². The SMILES string of the molecule is NC(=O)c1cccc2c1cnn2-c1nc(NCc2cccc(B(O)O)c2)c2c(n1)OCC2. The summed E-state index contributed by atoms with van der Waals surface area (Å²) in [5, 5.41) is 27.1. The third-order valence-electron chi connectivity index (χ3n) is 5.33. The minimum absolute atomic E-state index is 0.296. The van der Waals surface area contributed by atoms with Crippen molar-refractivity contribution in [2.45, 2.75) is 13.0 Å². The van der Waals surface area contributed by atoms with Crippen LogP contribution in [0.2, 0.25) is 0 Å². The van der Waals surface area contributed by atoms with Crippen LogP contribution in [0.4, 0.5) is 5.82 Å². The number of aromatic nitrogens is 4. The first-order valence-electron chi connectivity index (χ1n) is 10.0. The number of nitrogens with two attached hydrogens (primary N) is 1. The van der Waals surface area contributed by atoms with E-state index in [9.17, 15) is 14.8 Å². The van der Waals surface area contributed by atoms with Gasteiger partial charge in [0, 0.05) is 18.4 Å². The van der Waals surface area contributed by atoms with Gasteiger partial charge in [-0.25, -0.2) is 0 Å². The minimum atomic E-state index is -1.53. The zero-order valence-corrected chi connectivity index (χ0v) is 16.9. The van der Waals surface area contributed by atoms with Gasteiger partial charge in [0.2, 0.25) is 11.8 Å². The summed E-state index contributed by atoms with van der Waals surface area (Å²) < 4.78 is 7.22. The molecule has 0 radical (unpaired) electrons. The summed E-state index contributed by atoms with van der Waals surface area (Å²) in [6.45, 7) is 0.912. The lowest BCUT2D eigenvalue weighted by molar-refractivity contribution is 0.100. The molecule has 3 heterocycles. The Morgan fingerprint density at radius 3 is 2.88 bits per heavy atom. The molecule has 0 saturated heterocycles. The first kappa shape index (κ1) is 20.0. The van der Waals surface area contributed by atoms with Gasteiger partial charge in [-0.1, -0.05) is 30.3 Å². The highest BCUT2D eigenvalue weighted by Crippen LogP contribution is 2.31. The molecule has 2 aromatic carbocycles. The van der Waals surface area contributed by atoms with E-state index in [0.717, 1.165) is 11.1 Å². The summed E-state index contributed by atoms with van der Waals surface area (Å²) in [4.78, 5) is 20.9. The van der Waals surface area contributed by atoms with Crippen molar-refractivity contribution in [1.82, 2.24) is 19.7 Å². The van der Waals surface area contributed by atoms with Crippen molar-refractivity contribution in [2.75, 3.05) is 11.9 Å². The van der Waals surface area contributed by atoms with E-state index >= 15 is 0 Å². The first-order valence-corrected chi connectivity index (χ1v) is 10.0. The third kappa shape index (κ3) is 3.53. The summed E-state index contributed by atoms with van der Waals surface area (Å²) in [5.41, 5.74) is 8.63. The number of benzene rings is 2. The second-order valence-corrected chi connectivity index (χ2v) is 7.39. The molecule has 10 nitrogen and oxygen atoms in total. The van der Waals surface area contributed by atoms with Gasteiger partial charge in [-0.15, -0.1) is 0 Å². The van der Waals surface area contributed by atoms with Crippen LogP contribution in [0.3, 0.4) is 0 Å². The van der Waals surface area contributed by atoms with Crippen LogP contribution >= 0.6 is 0 Å². The van der Waals surface area contributed by atoms with E-state index < -0.39 is 13.0 Å². The number of carbonyl (C=O) groups excluding carboxylic acids is 1. The van der Waals surface area contributed by atoms with E-state index in [1.807, 2.05) is 12.1 Å². The van der Waals surface area contributed by atoms with E-state index in [0.29, 0.717) is 59.1 Å². The largest absolute Gasteiger partial charge is 0.488 e. The predicted molar refractivity (Wildman–Crippen MR) is 118 cm³/mol. The number of primary amides is 1. The number of ether oxygens (including phenoxy) is 1. The number of hydrogen-bond acceptors (Lipinski definition) is 8. The molecule has 0 aliphatic carbocycles. The van der Waals surface area contributed by atoms with Crippen LogP contribution in [0.15, 0.2) is 48.7 Å². The molecule has 1 aliphatic rings. The first-order chi connectivity index (χ1) is 15.5. The van der Waals surface area contributed by atoms with Gasteiger partial charge >= 0.3 is 7.12 Å². The van der Waals surface area contributed by atoms with Crippen LogP contribution in [0.25, 0.3) is 16.9 Å². The Morgan fingerprint density at radius 1 is 1.22 bits per heavy atom. The van der Waals surface area contributed by atoms with Gasteiger partial charge in [0.15, 0.2) is 0 Å². The topological polar surface area (TPSA) is 148 Å². The lowest BCUT2D eigenvalue weighted by atomic mass is 9.80. The molecule has 11 heteroatoms. The maximum atomic E-state index is 11.7. The smallest absolute Gasteiger partial charge is 0.477 e. The van der Waals surface area contributed by atoms with Crippen molar-refractivity contribution in [3.8, 4) is 11.8 Å². The molecule has 0 fully saturated rings. The molecule has 1 amide bonds. The van der Waals surface area contributed by atoms with Crippen molar-refractivity contribution >= 4 is 35.2 Å². The monoisotopic (exact) mass is 430 g/mol. The number of fused-ring (bicyclic) bond motifs is 2. The van der Waals surface area contributed by atoms with Crippen LogP contribution in [0.5, 0.6) is 5.88 Å². The quantitative estimate of drug-likeness (QED) is 0.316. The fourth-order valence-electron chi connectivity index (χ4n) is 3.76. The van der Waals surface area contributed by atoms with Crippen molar-refractivity contribution in [3.05, 3.63) is 65.4 Å². The molecule has 160 valence electrons. The highest BCUT2D eigenvalue weighted by Gasteiger charge is 2.23. The standard InChI is InChI=1S/C21H19BN6O4/c23-18(29)14-5-2-6-17-16(14)11-25-28(17)21-26-19(15-7-8-32-20(15)27-21)24-10-12-3-1-4-13(9-12)22(30)31/h1-6,9,11,30-31H,7-8,10H2,(H2,23,29)(H,24,26,27). The molecule has 0 saturated carbocycles. The molecule has 1 aliphatic heterocycles. The predicted octanol–water partition coefficient (Wildman–Crippen LogP) is 0.141. The average molecular weight is 430 g/mol. The Labute approximate surface area is 182 Å². The molecule has 0 spiro atoms. The summed E-state index contributed by atoms with van der Waals surface area (Å²) in [6.07, 6.45) is 2.23. The second-order valence-electron chi connectivity index (χ2n) is 7.39. The molecule has 4 aromatic rings. The zero-order valence-electron chi connectivity index (χ0n) is 16.9. The summed E-state index contributed by atoms with van der Waals surface area (Å²) in [6, 6.07) is 12.2. The van der Waals surface area contributed by atoms with Gasteiger partial charge < -0.3 is 25.8 Å². The van der Waals surface area contributed by atoms with Crippen LogP contribution in [-0.2, 0) is 13.0 Å². The fraction of sp³-hybridized carbons (Fsp3) is 0.143. The van der Waals surface area contributed by atoms with E-state index in [-0.39, 0.29) is 0 Å². The van der Waals surface area contributed by atoms with Gasteiger partial charge in [0.05, 0.1) is 29.4 Å². The number of anilines is 1. The summed E-state index contributed by atoms with van der Waals surface area (Å²) in [7, 11) is -1.53. The van der Waals surface area contributed by atoms with Gasteiger partial charge in [0.1, 0.15) is 5.82 Å². The Bertz CT molecular complexity index is 1340. The Balaban J connectivity index is 1.52. The lowest BCUT2D eigenvalue weighted by Gasteiger charge is -2.12. The highest BCUT2D eigenvalue weighted by atomic mass is 16.5.